The van der Waals surface area contributed by atoms with Crippen molar-refractivity contribution in [3.8, 4) is 5.75 Å². The first-order chi connectivity index (χ1) is 10.2. The fraction of sp³-hybridized carbons (Fsp3) is 0.600. The van der Waals surface area contributed by atoms with Crippen LogP contribution in [0.15, 0.2) is 24.3 Å². The molecule has 0 spiro atoms. The van der Waals surface area contributed by atoms with E-state index in [4.69, 9.17) is 14.8 Å². The van der Waals surface area contributed by atoms with E-state index in [1.165, 1.54) is 0 Å². The zero-order valence-corrected chi connectivity index (χ0v) is 12.7. The molecule has 1 aliphatic heterocycles. The van der Waals surface area contributed by atoms with Crippen molar-refractivity contribution >= 4 is 12.6 Å². The molecule has 2 N–H and O–H groups in total. The third kappa shape index (κ3) is 5.32. The molecular weight excluding hydrogens is 267 g/mol. The molecule has 1 aromatic carbocycles. The van der Waals surface area contributed by atoms with Crippen LogP contribution in [0, 0.1) is 0 Å². The van der Waals surface area contributed by atoms with Crippen molar-refractivity contribution in [1.82, 2.24) is 9.80 Å². The van der Waals surface area contributed by atoms with Crippen LogP contribution in [0.25, 0.3) is 0 Å². The van der Waals surface area contributed by atoms with E-state index in [0.717, 1.165) is 45.7 Å². The van der Waals surface area contributed by atoms with Gasteiger partial charge in [0.25, 0.3) is 0 Å². The summed E-state index contributed by atoms with van der Waals surface area (Å²) in [7, 11) is -1.44. The third-order valence-electron chi connectivity index (χ3n) is 3.96. The third-order valence-corrected chi connectivity index (χ3v) is 3.96. The first-order valence-electron chi connectivity index (χ1n) is 7.72. The van der Waals surface area contributed by atoms with Gasteiger partial charge < -0.3 is 24.6 Å². The van der Waals surface area contributed by atoms with Gasteiger partial charge in [0.05, 0.1) is 6.61 Å². The summed E-state index contributed by atoms with van der Waals surface area (Å²) in [6.45, 7) is 9.66. The van der Waals surface area contributed by atoms with Crippen LogP contribution in [0.5, 0.6) is 5.75 Å². The van der Waals surface area contributed by atoms with Crippen LogP contribution in [0.1, 0.15) is 13.3 Å². The summed E-state index contributed by atoms with van der Waals surface area (Å²) in [5.74, 6) is 0.691. The lowest BCUT2D eigenvalue weighted by molar-refractivity contribution is 0.130. The lowest BCUT2D eigenvalue weighted by atomic mass is 9.80. The number of hydrogen-bond acceptors (Lipinski definition) is 5. The Hall–Kier alpha value is -1.08. The zero-order chi connectivity index (χ0) is 15.1. The van der Waals surface area contributed by atoms with E-state index in [-0.39, 0.29) is 0 Å². The maximum absolute atomic E-state index is 9.12. The SMILES string of the molecule is CCN1CCN(CCCOc2cccc(B(O)O)c2)CC1. The Labute approximate surface area is 127 Å². The van der Waals surface area contributed by atoms with Crippen molar-refractivity contribution in [3.63, 3.8) is 0 Å². The number of hydrogen-bond donors (Lipinski definition) is 2. The number of nitrogens with zero attached hydrogens (tertiary/aromatic N) is 2. The second kappa shape index (κ2) is 8.39. The summed E-state index contributed by atoms with van der Waals surface area (Å²) in [6.07, 6.45) is 0.984. The molecule has 1 saturated heterocycles. The number of ether oxygens (including phenoxy) is 1. The van der Waals surface area contributed by atoms with Crippen LogP contribution in [0.2, 0.25) is 0 Å². The zero-order valence-electron chi connectivity index (χ0n) is 12.7. The van der Waals surface area contributed by atoms with E-state index in [1.807, 2.05) is 6.07 Å². The molecule has 5 nitrogen and oxygen atoms in total. The molecule has 0 atom stereocenters. The summed E-state index contributed by atoms with van der Waals surface area (Å²) in [5.41, 5.74) is 0.461. The average molecular weight is 292 g/mol. The molecule has 0 amide bonds. The van der Waals surface area contributed by atoms with Gasteiger partial charge in [0.15, 0.2) is 0 Å². The Morgan fingerprint density at radius 3 is 2.52 bits per heavy atom. The Morgan fingerprint density at radius 2 is 1.86 bits per heavy atom. The van der Waals surface area contributed by atoms with Gasteiger partial charge >= 0.3 is 7.12 Å². The van der Waals surface area contributed by atoms with Crippen LogP contribution in [0.3, 0.4) is 0 Å². The highest BCUT2D eigenvalue weighted by atomic mass is 16.5. The molecule has 6 heteroatoms. The van der Waals surface area contributed by atoms with E-state index in [0.29, 0.717) is 17.8 Å². The van der Waals surface area contributed by atoms with E-state index in [1.54, 1.807) is 18.2 Å². The Bertz CT molecular complexity index is 423. The van der Waals surface area contributed by atoms with Gasteiger partial charge in [0, 0.05) is 32.7 Å². The van der Waals surface area contributed by atoms with Crippen molar-refractivity contribution in [2.24, 2.45) is 0 Å². The fourth-order valence-electron chi connectivity index (χ4n) is 2.57. The predicted molar refractivity (Wildman–Crippen MR) is 84.9 cm³/mol. The van der Waals surface area contributed by atoms with Gasteiger partial charge in [-0.15, -0.1) is 0 Å². The number of piperazine rings is 1. The standard InChI is InChI=1S/C15H25BN2O3/c1-2-17-8-10-18(11-9-17)7-4-12-21-15-6-3-5-14(13-15)16(19)20/h3,5-6,13,19-20H,2,4,7-12H2,1H3. The maximum Gasteiger partial charge on any atom is 0.488 e. The molecule has 1 aliphatic rings. The predicted octanol–water partition coefficient (Wildman–Crippen LogP) is -0.227. The second-order valence-electron chi connectivity index (χ2n) is 5.42. The summed E-state index contributed by atoms with van der Waals surface area (Å²) in [4.78, 5) is 4.95. The van der Waals surface area contributed by atoms with Crippen molar-refractivity contribution in [3.05, 3.63) is 24.3 Å². The molecule has 21 heavy (non-hydrogen) atoms. The minimum atomic E-state index is -1.44. The summed E-state index contributed by atoms with van der Waals surface area (Å²) >= 11 is 0. The molecule has 1 heterocycles. The van der Waals surface area contributed by atoms with Crippen LogP contribution >= 0.6 is 0 Å². The molecule has 1 aromatic rings. The molecule has 0 aromatic heterocycles. The molecule has 0 saturated carbocycles. The second-order valence-corrected chi connectivity index (χ2v) is 5.42. The van der Waals surface area contributed by atoms with Gasteiger partial charge in [0.1, 0.15) is 5.75 Å². The highest BCUT2D eigenvalue weighted by Crippen LogP contribution is 2.08. The highest BCUT2D eigenvalue weighted by Gasteiger charge is 2.15. The van der Waals surface area contributed by atoms with Gasteiger partial charge in [-0.05, 0) is 30.6 Å². The Morgan fingerprint density at radius 1 is 1.14 bits per heavy atom. The molecule has 116 valence electrons. The van der Waals surface area contributed by atoms with Gasteiger partial charge in [-0.25, -0.2) is 0 Å². The molecule has 0 radical (unpaired) electrons. The van der Waals surface area contributed by atoms with Crippen molar-refractivity contribution in [2.45, 2.75) is 13.3 Å². The van der Waals surface area contributed by atoms with Gasteiger partial charge in [-0.2, -0.15) is 0 Å². The first kappa shape index (κ1) is 16.3. The van der Waals surface area contributed by atoms with E-state index >= 15 is 0 Å². The summed E-state index contributed by atoms with van der Waals surface area (Å²) in [6, 6.07) is 6.95. The normalized spacial score (nSPS) is 16.9. The number of benzene rings is 1. The van der Waals surface area contributed by atoms with Crippen LogP contribution in [-0.4, -0.2) is 72.8 Å². The van der Waals surface area contributed by atoms with Gasteiger partial charge in [-0.1, -0.05) is 19.1 Å². The molecular formula is C15H25BN2O3. The van der Waals surface area contributed by atoms with Gasteiger partial charge in [0.2, 0.25) is 0 Å². The van der Waals surface area contributed by atoms with Crippen molar-refractivity contribution in [1.29, 1.82) is 0 Å². The van der Waals surface area contributed by atoms with E-state index < -0.39 is 7.12 Å². The number of likely N-dealkylation sites (N-methyl/N-ethyl adjacent to an activating group) is 1. The lowest BCUT2D eigenvalue weighted by Crippen LogP contribution is -2.46. The lowest BCUT2D eigenvalue weighted by Gasteiger charge is -2.33. The smallest absolute Gasteiger partial charge is 0.488 e. The van der Waals surface area contributed by atoms with Crippen LogP contribution in [0.4, 0.5) is 0 Å². The molecule has 1 fully saturated rings. The Kier molecular flexibility index (Phi) is 6.51. The number of rotatable bonds is 7. The van der Waals surface area contributed by atoms with Crippen molar-refractivity contribution < 1.29 is 14.8 Å². The minimum absolute atomic E-state index is 0.461. The molecule has 2 rings (SSSR count). The quantitative estimate of drug-likeness (QED) is 0.537. The van der Waals surface area contributed by atoms with E-state index in [9.17, 15) is 0 Å². The largest absolute Gasteiger partial charge is 0.494 e. The van der Waals surface area contributed by atoms with Crippen LogP contribution < -0.4 is 10.2 Å². The first-order valence-corrected chi connectivity index (χ1v) is 7.72. The van der Waals surface area contributed by atoms with Crippen molar-refractivity contribution in [2.75, 3.05) is 45.9 Å². The minimum Gasteiger partial charge on any atom is -0.494 e. The highest BCUT2D eigenvalue weighted by molar-refractivity contribution is 6.58. The molecule has 0 unspecified atom stereocenters. The topological polar surface area (TPSA) is 56.2 Å². The summed E-state index contributed by atoms with van der Waals surface area (Å²) in [5, 5.41) is 18.2. The van der Waals surface area contributed by atoms with E-state index in [2.05, 4.69) is 16.7 Å². The average Bonchev–Trinajstić information content (AvgIpc) is 2.52. The Balaban J connectivity index is 1.65. The summed E-state index contributed by atoms with van der Waals surface area (Å²) < 4.78 is 5.67. The fourth-order valence-corrected chi connectivity index (χ4v) is 2.57. The van der Waals surface area contributed by atoms with Gasteiger partial charge in [-0.3, -0.25) is 0 Å². The molecule has 0 aliphatic carbocycles. The molecule has 0 bridgehead atoms. The monoisotopic (exact) mass is 292 g/mol. The van der Waals surface area contributed by atoms with Crippen LogP contribution in [-0.2, 0) is 0 Å². The maximum atomic E-state index is 9.12.